The van der Waals surface area contributed by atoms with Gasteiger partial charge in [-0.1, -0.05) is 60.2 Å². The summed E-state index contributed by atoms with van der Waals surface area (Å²) < 4.78 is 1.68. The topological polar surface area (TPSA) is 76.0 Å². The number of benzene rings is 2. The van der Waals surface area contributed by atoms with E-state index < -0.39 is 0 Å². The van der Waals surface area contributed by atoms with Gasteiger partial charge in [0, 0.05) is 12.6 Å². The van der Waals surface area contributed by atoms with Crippen LogP contribution in [0.2, 0.25) is 0 Å². The van der Waals surface area contributed by atoms with Crippen LogP contribution in [0.25, 0.3) is 11.3 Å². The van der Waals surface area contributed by atoms with E-state index in [1.54, 1.807) is 10.7 Å². The first-order valence-electron chi connectivity index (χ1n) is 8.74. The van der Waals surface area contributed by atoms with Gasteiger partial charge in [0.2, 0.25) is 5.91 Å². The van der Waals surface area contributed by atoms with Crippen molar-refractivity contribution in [3.8, 4) is 11.3 Å². The van der Waals surface area contributed by atoms with E-state index in [4.69, 9.17) is 0 Å². The highest BCUT2D eigenvalue weighted by Crippen LogP contribution is 2.20. The fraction of sp³-hybridized carbons (Fsp3) is 0.190. The smallest absolute Gasteiger partial charge is 0.270 e. The molecule has 0 aliphatic rings. The zero-order valence-electron chi connectivity index (χ0n) is 15.4. The molecule has 0 saturated heterocycles. The standard InChI is InChI=1S/C21H22N4O2/c1-15-7-6-8-16(11-15)14-25-19(21(27)23-13-20(26)22-2)12-18(24-25)17-9-4-3-5-10-17/h3-12H,13-14H2,1-2H3,(H,22,26)(H,23,27). The Hall–Kier alpha value is -3.41. The van der Waals surface area contributed by atoms with Gasteiger partial charge in [-0.2, -0.15) is 5.10 Å². The first-order chi connectivity index (χ1) is 13.1. The average molecular weight is 362 g/mol. The number of nitrogens with zero attached hydrogens (tertiary/aromatic N) is 2. The van der Waals surface area contributed by atoms with Gasteiger partial charge in [-0.15, -0.1) is 0 Å². The molecule has 0 aliphatic carbocycles. The molecule has 1 heterocycles. The predicted molar refractivity (Wildman–Crippen MR) is 104 cm³/mol. The van der Waals surface area contributed by atoms with Crippen LogP contribution in [0.1, 0.15) is 21.6 Å². The molecule has 0 unspecified atom stereocenters. The average Bonchev–Trinajstić information content (AvgIpc) is 3.10. The third-order valence-electron chi connectivity index (χ3n) is 4.19. The van der Waals surface area contributed by atoms with Crippen molar-refractivity contribution in [1.82, 2.24) is 20.4 Å². The molecule has 2 N–H and O–H groups in total. The largest absolute Gasteiger partial charge is 0.358 e. The monoisotopic (exact) mass is 362 g/mol. The quantitative estimate of drug-likeness (QED) is 0.707. The van der Waals surface area contributed by atoms with Gasteiger partial charge in [0.1, 0.15) is 5.69 Å². The Morgan fingerprint density at radius 2 is 1.81 bits per heavy atom. The highest BCUT2D eigenvalue weighted by Gasteiger charge is 2.17. The first kappa shape index (κ1) is 18.4. The summed E-state index contributed by atoms with van der Waals surface area (Å²) in [6.45, 7) is 2.42. The molecule has 0 radical (unpaired) electrons. The van der Waals surface area contributed by atoms with Crippen molar-refractivity contribution < 1.29 is 9.59 Å². The Morgan fingerprint density at radius 1 is 1.04 bits per heavy atom. The summed E-state index contributed by atoms with van der Waals surface area (Å²) in [5.74, 6) is -0.586. The highest BCUT2D eigenvalue weighted by molar-refractivity contribution is 5.96. The first-order valence-corrected chi connectivity index (χ1v) is 8.74. The molecule has 3 aromatic rings. The molecule has 2 amide bonds. The van der Waals surface area contributed by atoms with Crippen molar-refractivity contribution in [2.45, 2.75) is 13.5 Å². The third kappa shape index (κ3) is 4.61. The van der Waals surface area contributed by atoms with Crippen molar-refractivity contribution in [2.24, 2.45) is 0 Å². The van der Waals surface area contributed by atoms with Crippen molar-refractivity contribution in [1.29, 1.82) is 0 Å². The van der Waals surface area contributed by atoms with Crippen LogP contribution in [-0.4, -0.2) is 35.2 Å². The van der Waals surface area contributed by atoms with Crippen molar-refractivity contribution >= 4 is 11.8 Å². The van der Waals surface area contributed by atoms with E-state index in [1.165, 1.54) is 7.05 Å². The zero-order chi connectivity index (χ0) is 19.2. The number of hydrogen-bond donors (Lipinski definition) is 2. The van der Waals surface area contributed by atoms with E-state index in [-0.39, 0.29) is 18.4 Å². The lowest BCUT2D eigenvalue weighted by Gasteiger charge is -2.08. The normalized spacial score (nSPS) is 10.4. The highest BCUT2D eigenvalue weighted by atomic mass is 16.2. The van der Waals surface area contributed by atoms with Gasteiger partial charge < -0.3 is 10.6 Å². The minimum atomic E-state index is -0.332. The van der Waals surface area contributed by atoms with Gasteiger partial charge >= 0.3 is 0 Å². The molecule has 0 bridgehead atoms. The lowest BCUT2D eigenvalue weighted by Crippen LogP contribution is -2.36. The van der Waals surface area contributed by atoms with Crippen LogP contribution in [0.5, 0.6) is 0 Å². The lowest BCUT2D eigenvalue weighted by molar-refractivity contribution is -0.119. The predicted octanol–water partition coefficient (Wildman–Crippen LogP) is 2.38. The number of amides is 2. The Kier molecular flexibility index (Phi) is 5.66. The molecule has 0 aliphatic heterocycles. The van der Waals surface area contributed by atoms with E-state index in [1.807, 2.05) is 55.5 Å². The minimum absolute atomic E-state index is 0.0777. The molecule has 6 nitrogen and oxygen atoms in total. The fourth-order valence-corrected chi connectivity index (χ4v) is 2.79. The second-order valence-electron chi connectivity index (χ2n) is 6.28. The van der Waals surface area contributed by atoms with Crippen LogP contribution in [0.4, 0.5) is 0 Å². The van der Waals surface area contributed by atoms with Gasteiger partial charge in [0.15, 0.2) is 0 Å². The Bertz CT molecular complexity index is 948. The Balaban J connectivity index is 1.92. The molecular formula is C21H22N4O2. The molecule has 0 spiro atoms. The summed E-state index contributed by atoms with van der Waals surface area (Å²) in [5, 5.41) is 9.76. The van der Waals surface area contributed by atoms with Crippen LogP contribution in [0, 0.1) is 6.92 Å². The number of aromatic nitrogens is 2. The third-order valence-corrected chi connectivity index (χ3v) is 4.19. The molecule has 0 saturated carbocycles. The molecule has 2 aromatic carbocycles. The summed E-state index contributed by atoms with van der Waals surface area (Å²) in [5.41, 5.74) is 4.26. The van der Waals surface area contributed by atoms with Crippen molar-refractivity contribution in [3.63, 3.8) is 0 Å². The summed E-state index contributed by atoms with van der Waals surface area (Å²) in [4.78, 5) is 24.1. The van der Waals surface area contributed by atoms with Crippen molar-refractivity contribution in [3.05, 3.63) is 77.5 Å². The number of rotatable bonds is 6. The second-order valence-corrected chi connectivity index (χ2v) is 6.28. The van der Waals surface area contributed by atoms with Gasteiger partial charge in [-0.05, 0) is 18.6 Å². The molecule has 1 aromatic heterocycles. The Morgan fingerprint density at radius 3 is 2.52 bits per heavy atom. The summed E-state index contributed by atoms with van der Waals surface area (Å²) in [6, 6.07) is 19.5. The van der Waals surface area contributed by atoms with Crippen molar-refractivity contribution in [2.75, 3.05) is 13.6 Å². The zero-order valence-corrected chi connectivity index (χ0v) is 15.4. The van der Waals surface area contributed by atoms with Crippen LogP contribution in [0.15, 0.2) is 60.7 Å². The molecule has 3 rings (SSSR count). The van der Waals surface area contributed by atoms with Crippen LogP contribution in [-0.2, 0) is 11.3 Å². The number of aryl methyl sites for hydroxylation is 1. The van der Waals surface area contributed by atoms with E-state index in [9.17, 15) is 9.59 Å². The maximum absolute atomic E-state index is 12.6. The van der Waals surface area contributed by atoms with Crippen LogP contribution >= 0.6 is 0 Å². The molecule has 6 heteroatoms. The van der Waals surface area contributed by atoms with E-state index in [0.29, 0.717) is 17.9 Å². The number of carbonyl (C=O) groups excluding carboxylic acids is 2. The number of hydrogen-bond acceptors (Lipinski definition) is 3. The SMILES string of the molecule is CNC(=O)CNC(=O)c1cc(-c2ccccc2)nn1Cc1cccc(C)c1. The van der Waals surface area contributed by atoms with E-state index >= 15 is 0 Å². The van der Waals surface area contributed by atoms with Gasteiger partial charge in [-0.25, -0.2) is 0 Å². The van der Waals surface area contributed by atoms with Crippen LogP contribution < -0.4 is 10.6 Å². The van der Waals surface area contributed by atoms with Gasteiger partial charge in [-0.3, -0.25) is 14.3 Å². The molecule has 138 valence electrons. The van der Waals surface area contributed by atoms with Gasteiger partial charge in [0.25, 0.3) is 5.91 Å². The summed E-state index contributed by atoms with van der Waals surface area (Å²) in [7, 11) is 1.53. The van der Waals surface area contributed by atoms with E-state index in [0.717, 1.165) is 16.7 Å². The van der Waals surface area contributed by atoms with Gasteiger partial charge in [0.05, 0.1) is 18.8 Å². The molecule has 0 fully saturated rings. The fourth-order valence-electron chi connectivity index (χ4n) is 2.79. The second kappa shape index (κ2) is 8.31. The summed E-state index contributed by atoms with van der Waals surface area (Å²) in [6.07, 6.45) is 0. The number of nitrogens with one attached hydrogen (secondary N) is 2. The molecular weight excluding hydrogens is 340 g/mol. The molecule has 27 heavy (non-hydrogen) atoms. The molecule has 0 atom stereocenters. The number of carbonyl (C=O) groups is 2. The van der Waals surface area contributed by atoms with E-state index in [2.05, 4.69) is 21.8 Å². The maximum atomic E-state index is 12.6. The number of likely N-dealkylation sites (N-methyl/N-ethyl adjacent to an activating group) is 1. The lowest BCUT2D eigenvalue weighted by atomic mass is 10.1. The Labute approximate surface area is 158 Å². The minimum Gasteiger partial charge on any atom is -0.358 e. The maximum Gasteiger partial charge on any atom is 0.270 e. The van der Waals surface area contributed by atoms with Crippen LogP contribution in [0.3, 0.4) is 0 Å². The summed E-state index contributed by atoms with van der Waals surface area (Å²) >= 11 is 0.